The number of likely N-dealkylation sites (N-methyl/N-ethyl adjacent to an activating group) is 1. The molecule has 1 unspecified atom stereocenters. The first kappa shape index (κ1) is 14.5. The molecule has 5 heteroatoms. The van der Waals surface area contributed by atoms with Crippen LogP contribution in [0.15, 0.2) is 24.3 Å². The average molecular weight is 251 g/mol. The van der Waals surface area contributed by atoms with Crippen LogP contribution in [0.4, 0.5) is 0 Å². The Hall–Kier alpha value is -1.59. The second kappa shape index (κ2) is 5.84. The molecule has 0 radical (unpaired) electrons. The van der Waals surface area contributed by atoms with Crippen LogP contribution < -0.4 is 11.1 Å². The number of benzene rings is 1. The molecule has 0 aromatic heterocycles. The van der Waals surface area contributed by atoms with Gasteiger partial charge in [-0.2, -0.15) is 0 Å². The lowest BCUT2D eigenvalue weighted by Crippen LogP contribution is -2.51. The normalized spacial score (nSPS) is 14.4. The summed E-state index contributed by atoms with van der Waals surface area (Å²) in [6.45, 7) is 3.20. The van der Waals surface area contributed by atoms with Crippen molar-refractivity contribution in [2.24, 2.45) is 5.73 Å². The highest BCUT2D eigenvalue weighted by Crippen LogP contribution is 2.22. The fourth-order valence-corrected chi connectivity index (χ4v) is 1.66. The van der Waals surface area contributed by atoms with E-state index in [0.717, 1.165) is 12.1 Å². The Kier molecular flexibility index (Phi) is 4.69. The van der Waals surface area contributed by atoms with Gasteiger partial charge >= 0.3 is 0 Å². The predicted octanol–water partition coefficient (Wildman–Crippen LogP) is 0.244. The van der Waals surface area contributed by atoms with Crippen LogP contribution in [0.25, 0.3) is 0 Å². The standard InChI is InChI=1S/C13H21N3O2/c1-13(12(14)18,15-8-9-16(2)3)10-4-6-11(17)7-5-10/h4-7,15,17H,8-9H2,1-3H3,(H2,14,18). The van der Waals surface area contributed by atoms with Crippen molar-refractivity contribution in [1.29, 1.82) is 0 Å². The number of phenols is 1. The second-order valence-corrected chi connectivity index (χ2v) is 4.77. The number of hydrogen-bond donors (Lipinski definition) is 3. The fraction of sp³-hybridized carbons (Fsp3) is 0.462. The van der Waals surface area contributed by atoms with E-state index in [-0.39, 0.29) is 5.75 Å². The first-order valence-electron chi connectivity index (χ1n) is 5.85. The molecule has 0 saturated carbocycles. The van der Waals surface area contributed by atoms with Gasteiger partial charge in [0.05, 0.1) is 0 Å². The number of rotatable bonds is 6. The maximum atomic E-state index is 11.7. The minimum absolute atomic E-state index is 0.166. The Balaban J connectivity index is 2.86. The van der Waals surface area contributed by atoms with Crippen LogP contribution in [0.5, 0.6) is 5.75 Å². The van der Waals surface area contributed by atoms with Crippen molar-refractivity contribution in [2.75, 3.05) is 27.2 Å². The largest absolute Gasteiger partial charge is 0.508 e. The van der Waals surface area contributed by atoms with Crippen LogP contribution in [0.2, 0.25) is 0 Å². The molecule has 0 spiro atoms. The molecule has 1 rings (SSSR count). The van der Waals surface area contributed by atoms with Gasteiger partial charge in [0.2, 0.25) is 5.91 Å². The maximum absolute atomic E-state index is 11.7. The van der Waals surface area contributed by atoms with Gasteiger partial charge in [0.1, 0.15) is 11.3 Å². The lowest BCUT2D eigenvalue weighted by Gasteiger charge is -2.28. The summed E-state index contributed by atoms with van der Waals surface area (Å²) < 4.78 is 0. The Morgan fingerprint density at radius 3 is 2.39 bits per heavy atom. The van der Waals surface area contributed by atoms with E-state index in [1.807, 2.05) is 19.0 Å². The summed E-state index contributed by atoms with van der Waals surface area (Å²) in [4.78, 5) is 13.7. The lowest BCUT2D eigenvalue weighted by molar-refractivity contribution is -0.124. The third-order valence-corrected chi connectivity index (χ3v) is 2.98. The van der Waals surface area contributed by atoms with Gasteiger partial charge in [-0.25, -0.2) is 0 Å². The van der Waals surface area contributed by atoms with Crippen LogP contribution in [-0.4, -0.2) is 43.1 Å². The van der Waals surface area contributed by atoms with Crippen LogP contribution in [0, 0.1) is 0 Å². The molecule has 18 heavy (non-hydrogen) atoms. The van der Waals surface area contributed by atoms with Crippen LogP contribution in [0.1, 0.15) is 12.5 Å². The molecule has 0 bridgehead atoms. The summed E-state index contributed by atoms with van der Waals surface area (Å²) in [6.07, 6.45) is 0. The summed E-state index contributed by atoms with van der Waals surface area (Å²) in [5.41, 5.74) is 5.30. The second-order valence-electron chi connectivity index (χ2n) is 4.77. The first-order chi connectivity index (χ1) is 8.36. The van der Waals surface area contributed by atoms with E-state index in [4.69, 9.17) is 5.73 Å². The molecular formula is C13H21N3O2. The highest BCUT2D eigenvalue weighted by atomic mass is 16.3. The van der Waals surface area contributed by atoms with Crippen molar-refractivity contribution in [3.05, 3.63) is 29.8 Å². The van der Waals surface area contributed by atoms with Gasteiger partial charge in [-0.05, 0) is 38.7 Å². The number of nitrogens with one attached hydrogen (secondary N) is 1. The molecule has 4 N–H and O–H groups in total. The van der Waals surface area contributed by atoms with Crippen LogP contribution in [0.3, 0.4) is 0 Å². The SMILES string of the molecule is CN(C)CCNC(C)(C(N)=O)c1ccc(O)cc1. The number of aromatic hydroxyl groups is 1. The zero-order valence-corrected chi connectivity index (χ0v) is 11.1. The number of amides is 1. The Bertz CT molecular complexity index is 403. The third kappa shape index (κ3) is 3.45. The minimum Gasteiger partial charge on any atom is -0.508 e. The van der Waals surface area contributed by atoms with Crippen molar-refractivity contribution in [1.82, 2.24) is 10.2 Å². The zero-order valence-electron chi connectivity index (χ0n) is 11.1. The maximum Gasteiger partial charge on any atom is 0.242 e. The van der Waals surface area contributed by atoms with Gasteiger partial charge in [0, 0.05) is 13.1 Å². The van der Waals surface area contributed by atoms with Gasteiger partial charge in [-0.1, -0.05) is 12.1 Å². The molecule has 100 valence electrons. The summed E-state index contributed by atoms with van der Waals surface area (Å²) in [7, 11) is 3.92. The van der Waals surface area contributed by atoms with E-state index in [1.54, 1.807) is 31.2 Å². The van der Waals surface area contributed by atoms with Gasteiger partial charge in [0.25, 0.3) is 0 Å². The molecule has 0 fully saturated rings. The smallest absolute Gasteiger partial charge is 0.242 e. The van der Waals surface area contributed by atoms with Crippen LogP contribution >= 0.6 is 0 Å². The van der Waals surface area contributed by atoms with Gasteiger partial charge in [-0.3, -0.25) is 10.1 Å². The Morgan fingerprint density at radius 2 is 1.94 bits per heavy atom. The molecule has 0 aliphatic carbocycles. The number of carbonyl (C=O) groups is 1. The van der Waals surface area contributed by atoms with Crippen molar-refractivity contribution in [2.45, 2.75) is 12.5 Å². The Morgan fingerprint density at radius 1 is 1.39 bits per heavy atom. The first-order valence-corrected chi connectivity index (χ1v) is 5.85. The van der Waals surface area contributed by atoms with Crippen molar-refractivity contribution < 1.29 is 9.90 Å². The molecule has 1 aromatic rings. The highest BCUT2D eigenvalue weighted by molar-refractivity contribution is 5.85. The average Bonchev–Trinajstić information content (AvgIpc) is 2.28. The molecule has 1 aromatic carbocycles. The molecule has 1 atom stereocenters. The van der Waals surface area contributed by atoms with E-state index in [0.29, 0.717) is 6.54 Å². The predicted molar refractivity (Wildman–Crippen MR) is 71.2 cm³/mol. The molecule has 0 aliphatic rings. The molecule has 0 heterocycles. The molecule has 0 aliphatic heterocycles. The Labute approximate surface area is 108 Å². The highest BCUT2D eigenvalue weighted by Gasteiger charge is 2.32. The number of primary amides is 1. The monoisotopic (exact) mass is 251 g/mol. The third-order valence-electron chi connectivity index (χ3n) is 2.98. The van der Waals surface area contributed by atoms with E-state index < -0.39 is 11.4 Å². The number of hydrogen-bond acceptors (Lipinski definition) is 4. The van der Waals surface area contributed by atoms with Crippen molar-refractivity contribution in [3.8, 4) is 5.75 Å². The number of phenolic OH excluding ortho intramolecular Hbond substituents is 1. The number of nitrogens with two attached hydrogens (primary N) is 1. The summed E-state index contributed by atoms with van der Waals surface area (Å²) >= 11 is 0. The summed E-state index contributed by atoms with van der Waals surface area (Å²) in [5, 5.41) is 12.4. The number of carbonyl (C=O) groups excluding carboxylic acids is 1. The van der Waals surface area contributed by atoms with Gasteiger partial charge in [-0.15, -0.1) is 0 Å². The molecule has 5 nitrogen and oxygen atoms in total. The summed E-state index contributed by atoms with van der Waals surface area (Å²) in [6, 6.07) is 6.49. The van der Waals surface area contributed by atoms with Crippen LogP contribution in [-0.2, 0) is 10.3 Å². The van der Waals surface area contributed by atoms with Gasteiger partial charge < -0.3 is 15.7 Å². The van der Waals surface area contributed by atoms with Crippen molar-refractivity contribution >= 4 is 5.91 Å². The number of nitrogens with zero attached hydrogens (tertiary/aromatic N) is 1. The fourth-order valence-electron chi connectivity index (χ4n) is 1.66. The van der Waals surface area contributed by atoms with Gasteiger partial charge in [0.15, 0.2) is 0 Å². The van der Waals surface area contributed by atoms with E-state index in [1.165, 1.54) is 0 Å². The zero-order chi connectivity index (χ0) is 13.8. The lowest BCUT2D eigenvalue weighted by atomic mass is 9.91. The summed E-state index contributed by atoms with van der Waals surface area (Å²) in [5.74, 6) is -0.272. The minimum atomic E-state index is -0.927. The molecule has 1 amide bonds. The van der Waals surface area contributed by atoms with E-state index in [2.05, 4.69) is 5.32 Å². The van der Waals surface area contributed by atoms with E-state index in [9.17, 15) is 9.90 Å². The molecular weight excluding hydrogens is 230 g/mol. The van der Waals surface area contributed by atoms with E-state index >= 15 is 0 Å². The topological polar surface area (TPSA) is 78.6 Å². The quantitative estimate of drug-likeness (QED) is 0.677. The molecule has 0 saturated heterocycles. The van der Waals surface area contributed by atoms with Crippen molar-refractivity contribution in [3.63, 3.8) is 0 Å².